The Hall–Kier alpha value is -3.61. The van der Waals surface area contributed by atoms with Gasteiger partial charge in [-0.1, -0.05) is 42.5 Å². The fraction of sp³-hybridized carbons (Fsp3) is 0. The van der Waals surface area contributed by atoms with Gasteiger partial charge < -0.3 is 5.11 Å². The molecule has 0 saturated carbocycles. The Bertz CT molecular complexity index is 1050. The van der Waals surface area contributed by atoms with Crippen molar-refractivity contribution in [2.24, 2.45) is 0 Å². The molecule has 1 heterocycles. The highest BCUT2D eigenvalue weighted by Crippen LogP contribution is 2.29. The van der Waals surface area contributed by atoms with Crippen molar-refractivity contribution in [2.45, 2.75) is 0 Å². The lowest BCUT2D eigenvalue weighted by Gasteiger charge is -2.06. The van der Waals surface area contributed by atoms with Crippen LogP contribution >= 0.6 is 0 Å². The second-order valence-electron chi connectivity index (χ2n) is 6.04. The number of aromatic nitrogens is 1. The van der Waals surface area contributed by atoms with Gasteiger partial charge in [-0.05, 0) is 41.0 Å². The van der Waals surface area contributed by atoms with E-state index in [-0.39, 0.29) is 5.75 Å². The van der Waals surface area contributed by atoms with Gasteiger partial charge in [0, 0.05) is 29.8 Å². The largest absolute Gasteiger partial charge is 0.507 e. The standard InChI is InChI=1S/C24H17NO/c26-24-13-12-22(18-23(24)21-10-6-3-7-11-21)25-16-14-20(15-17-25)19-8-4-1-2-5-9-19/h1,3-18H/p+1. The Morgan fingerprint density at radius 1 is 0.808 bits per heavy atom. The van der Waals surface area contributed by atoms with E-state index in [4.69, 9.17) is 0 Å². The summed E-state index contributed by atoms with van der Waals surface area (Å²) in [5.74, 6) is 0.283. The van der Waals surface area contributed by atoms with Gasteiger partial charge >= 0.3 is 0 Å². The van der Waals surface area contributed by atoms with Crippen LogP contribution in [0.2, 0.25) is 0 Å². The van der Waals surface area contributed by atoms with Crippen molar-refractivity contribution in [3.63, 3.8) is 0 Å². The molecular formula is C24H18NO+. The SMILES string of the molecule is Oc1ccc(-[n+]2ccc(C3=CC=C=CC=C3)cc2)cc1-c1ccccc1. The van der Waals surface area contributed by atoms with Crippen molar-refractivity contribution >= 4 is 5.57 Å². The molecule has 0 aliphatic heterocycles. The van der Waals surface area contributed by atoms with E-state index in [1.807, 2.05) is 83.7 Å². The maximum atomic E-state index is 10.2. The molecule has 2 aromatic carbocycles. The van der Waals surface area contributed by atoms with E-state index in [1.54, 1.807) is 6.07 Å². The van der Waals surface area contributed by atoms with Gasteiger partial charge in [-0.15, -0.1) is 5.73 Å². The van der Waals surface area contributed by atoms with Crippen molar-refractivity contribution in [3.8, 4) is 22.6 Å². The molecule has 3 aromatic rings. The lowest BCUT2D eigenvalue weighted by Crippen LogP contribution is -2.29. The summed E-state index contributed by atoms with van der Waals surface area (Å²) in [5.41, 5.74) is 8.18. The number of benzene rings is 2. The van der Waals surface area contributed by atoms with Gasteiger partial charge in [0.2, 0.25) is 5.69 Å². The Labute approximate surface area is 153 Å². The summed E-state index contributed by atoms with van der Waals surface area (Å²) >= 11 is 0. The minimum absolute atomic E-state index is 0.283. The highest BCUT2D eigenvalue weighted by molar-refractivity contribution is 5.75. The molecule has 0 unspecified atom stereocenters. The van der Waals surface area contributed by atoms with Crippen LogP contribution in [0.5, 0.6) is 5.75 Å². The molecule has 0 bridgehead atoms. The predicted octanol–water partition coefficient (Wildman–Crippen LogP) is 5.00. The maximum Gasteiger partial charge on any atom is 0.211 e. The zero-order valence-corrected chi connectivity index (χ0v) is 14.2. The molecule has 26 heavy (non-hydrogen) atoms. The predicted molar refractivity (Wildman–Crippen MR) is 105 cm³/mol. The molecule has 1 aromatic heterocycles. The van der Waals surface area contributed by atoms with Gasteiger partial charge in [0.1, 0.15) is 5.75 Å². The Kier molecular flexibility index (Phi) is 4.34. The first-order valence-electron chi connectivity index (χ1n) is 8.51. The fourth-order valence-corrected chi connectivity index (χ4v) is 2.97. The minimum Gasteiger partial charge on any atom is -0.507 e. The van der Waals surface area contributed by atoms with E-state index in [2.05, 4.69) is 23.9 Å². The van der Waals surface area contributed by atoms with Crippen molar-refractivity contribution in [3.05, 3.63) is 115 Å². The first-order valence-corrected chi connectivity index (χ1v) is 8.51. The number of nitrogens with zero attached hydrogens (tertiary/aromatic N) is 1. The lowest BCUT2D eigenvalue weighted by atomic mass is 10.0. The normalized spacial score (nSPS) is 12.7. The van der Waals surface area contributed by atoms with Crippen molar-refractivity contribution in [1.82, 2.24) is 0 Å². The number of allylic oxidation sites excluding steroid dienone is 5. The van der Waals surface area contributed by atoms with Gasteiger partial charge in [-0.2, -0.15) is 4.57 Å². The van der Waals surface area contributed by atoms with Crippen LogP contribution in [0.15, 0.2) is 109 Å². The summed E-state index contributed by atoms with van der Waals surface area (Å²) in [5, 5.41) is 10.2. The maximum absolute atomic E-state index is 10.2. The van der Waals surface area contributed by atoms with Crippen LogP contribution in [0, 0.1) is 0 Å². The molecule has 4 rings (SSSR count). The fourth-order valence-electron chi connectivity index (χ4n) is 2.97. The van der Waals surface area contributed by atoms with Crippen LogP contribution in [0.1, 0.15) is 5.56 Å². The molecule has 1 N–H and O–H groups in total. The number of pyridine rings is 1. The molecule has 1 aliphatic rings. The third-order valence-electron chi connectivity index (χ3n) is 4.35. The Morgan fingerprint density at radius 2 is 1.62 bits per heavy atom. The number of phenolic OH excluding ortho intramolecular Hbond substituents is 1. The molecule has 0 spiro atoms. The van der Waals surface area contributed by atoms with E-state index < -0.39 is 0 Å². The van der Waals surface area contributed by atoms with E-state index in [9.17, 15) is 5.11 Å². The molecule has 1 aliphatic carbocycles. The molecule has 124 valence electrons. The smallest absolute Gasteiger partial charge is 0.211 e. The monoisotopic (exact) mass is 336 g/mol. The van der Waals surface area contributed by atoms with Crippen LogP contribution in [-0.2, 0) is 0 Å². The van der Waals surface area contributed by atoms with E-state index in [0.29, 0.717) is 0 Å². The van der Waals surface area contributed by atoms with Crippen molar-refractivity contribution < 1.29 is 9.67 Å². The van der Waals surface area contributed by atoms with E-state index >= 15 is 0 Å². The van der Waals surface area contributed by atoms with E-state index in [0.717, 1.165) is 28.0 Å². The van der Waals surface area contributed by atoms with Crippen LogP contribution in [0.25, 0.3) is 22.4 Å². The zero-order valence-electron chi connectivity index (χ0n) is 14.2. The second kappa shape index (κ2) is 7.10. The number of phenols is 1. The summed E-state index contributed by atoms with van der Waals surface area (Å²) in [6.07, 6.45) is 14.0. The molecule has 0 atom stereocenters. The molecule has 2 nitrogen and oxygen atoms in total. The number of hydrogen-bond donors (Lipinski definition) is 1. The minimum atomic E-state index is 0.283. The van der Waals surface area contributed by atoms with Gasteiger partial charge in [0.25, 0.3) is 0 Å². The Morgan fingerprint density at radius 3 is 2.42 bits per heavy atom. The van der Waals surface area contributed by atoms with Crippen LogP contribution in [0.3, 0.4) is 0 Å². The summed E-state index contributed by atoms with van der Waals surface area (Å²) in [6, 6.07) is 19.7. The highest BCUT2D eigenvalue weighted by atomic mass is 16.3. The van der Waals surface area contributed by atoms with E-state index in [1.165, 1.54) is 0 Å². The zero-order chi connectivity index (χ0) is 17.8. The van der Waals surface area contributed by atoms with Crippen LogP contribution in [-0.4, -0.2) is 5.11 Å². The van der Waals surface area contributed by atoms with Gasteiger partial charge in [-0.3, -0.25) is 0 Å². The number of hydrogen-bond acceptors (Lipinski definition) is 1. The van der Waals surface area contributed by atoms with Crippen LogP contribution in [0.4, 0.5) is 0 Å². The third kappa shape index (κ3) is 3.27. The molecule has 0 fully saturated rings. The summed E-state index contributed by atoms with van der Waals surface area (Å²) in [4.78, 5) is 0. The molecule has 0 saturated heterocycles. The van der Waals surface area contributed by atoms with Gasteiger partial charge in [0.15, 0.2) is 12.4 Å². The van der Waals surface area contributed by atoms with Crippen LogP contribution < -0.4 is 4.57 Å². The quantitative estimate of drug-likeness (QED) is 0.528. The molecule has 0 amide bonds. The number of rotatable bonds is 3. The summed E-state index contributed by atoms with van der Waals surface area (Å²) in [7, 11) is 0. The average molecular weight is 336 g/mol. The average Bonchev–Trinajstić information content (AvgIpc) is 2.99. The second-order valence-corrected chi connectivity index (χ2v) is 6.04. The van der Waals surface area contributed by atoms with Crippen molar-refractivity contribution in [2.75, 3.05) is 0 Å². The first-order chi connectivity index (χ1) is 12.8. The topological polar surface area (TPSA) is 24.1 Å². The third-order valence-corrected chi connectivity index (χ3v) is 4.35. The van der Waals surface area contributed by atoms with Gasteiger partial charge in [0.05, 0.1) is 0 Å². The molecule has 2 heteroatoms. The highest BCUT2D eigenvalue weighted by Gasteiger charge is 2.12. The van der Waals surface area contributed by atoms with Gasteiger partial charge in [-0.25, -0.2) is 0 Å². The summed E-state index contributed by atoms with van der Waals surface area (Å²) in [6.45, 7) is 0. The number of aromatic hydroxyl groups is 1. The molecular weight excluding hydrogens is 318 g/mol. The molecule has 0 radical (unpaired) electrons. The lowest BCUT2D eigenvalue weighted by molar-refractivity contribution is -0.595. The Balaban J connectivity index is 1.68. The summed E-state index contributed by atoms with van der Waals surface area (Å²) < 4.78 is 2.05. The first kappa shape index (κ1) is 15.9. The van der Waals surface area contributed by atoms with Crippen molar-refractivity contribution in [1.29, 1.82) is 0 Å².